The van der Waals surface area contributed by atoms with Crippen LogP contribution in [0.25, 0.3) is 0 Å². The third-order valence-electron chi connectivity index (χ3n) is 2.93. The Bertz CT molecular complexity index is 524. The van der Waals surface area contributed by atoms with E-state index >= 15 is 0 Å². The van der Waals surface area contributed by atoms with E-state index < -0.39 is 5.97 Å². The number of nitrogens with one attached hydrogen (secondary N) is 1. The molecule has 5 nitrogen and oxygen atoms in total. The van der Waals surface area contributed by atoms with E-state index in [0.717, 1.165) is 5.69 Å². The van der Waals surface area contributed by atoms with Gasteiger partial charge in [-0.05, 0) is 25.0 Å². The van der Waals surface area contributed by atoms with Crippen LogP contribution in [0.3, 0.4) is 0 Å². The molecule has 0 aliphatic carbocycles. The van der Waals surface area contributed by atoms with Crippen LogP contribution < -0.4 is 5.32 Å². The molecule has 0 radical (unpaired) electrons. The molecule has 1 aromatic rings. The maximum atomic E-state index is 12.1. The van der Waals surface area contributed by atoms with Crippen LogP contribution in [0, 0.1) is 0 Å². The van der Waals surface area contributed by atoms with Gasteiger partial charge in [0.05, 0.1) is 0 Å². The van der Waals surface area contributed by atoms with E-state index in [9.17, 15) is 9.59 Å². The van der Waals surface area contributed by atoms with Gasteiger partial charge in [-0.15, -0.1) is 0 Å². The number of amides is 1. The van der Waals surface area contributed by atoms with E-state index in [1.165, 1.54) is 6.07 Å². The summed E-state index contributed by atoms with van der Waals surface area (Å²) in [6.45, 7) is 6.44. The van der Waals surface area contributed by atoms with Crippen molar-refractivity contribution in [1.82, 2.24) is 10.3 Å². The van der Waals surface area contributed by atoms with E-state index in [4.69, 9.17) is 16.7 Å². The minimum absolute atomic E-state index is 0.116. The number of carboxylic acid groups (broad SMARTS) is 1. The summed E-state index contributed by atoms with van der Waals surface area (Å²) in [6, 6.07) is 3.27. The van der Waals surface area contributed by atoms with Gasteiger partial charge in [0.2, 0.25) is 0 Å². The molecular formula is C15H21ClN2O3. The first kappa shape index (κ1) is 17.4. The summed E-state index contributed by atoms with van der Waals surface area (Å²) >= 11 is 5.96. The van der Waals surface area contributed by atoms with Crippen molar-refractivity contribution < 1.29 is 14.7 Å². The van der Waals surface area contributed by atoms with E-state index in [0.29, 0.717) is 30.1 Å². The molecule has 0 fully saturated rings. The Morgan fingerprint density at radius 2 is 1.95 bits per heavy atom. The van der Waals surface area contributed by atoms with Crippen LogP contribution in [-0.4, -0.2) is 28.5 Å². The minimum Gasteiger partial charge on any atom is -0.481 e. The number of pyridine rings is 1. The summed E-state index contributed by atoms with van der Waals surface area (Å²) in [6.07, 6.45) is 1.29. The van der Waals surface area contributed by atoms with Gasteiger partial charge < -0.3 is 10.4 Å². The number of carbonyl (C=O) groups excluding carboxylic acids is 1. The quantitative estimate of drug-likeness (QED) is 0.625. The van der Waals surface area contributed by atoms with Gasteiger partial charge in [0.25, 0.3) is 5.91 Å². The van der Waals surface area contributed by atoms with Crippen LogP contribution in [0.15, 0.2) is 12.1 Å². The van der Waals surface area contributed by atoms with Crippen molar-refractivity contribution in [2.24, 2.45) is 0 Å². The Morgan fingerprint density at radius 1 is 1.29 bits per heavy atom. The maximum Gasteiger partial charge on any atom is 0.303 e. The molecule has 0 bridgehead atoms. The molecule has 0 saturated heterocycles. The van der Waals surface area contributed by atoms with E-state index in [1.807, 2.05) is 20.8 Å². The van der Waals surface area contributed by atoms with Gasteiger partial charge in [0.1, 0.15) is 5.15 Å². The second kappa shape index (κ2) is 7.41. The maximum absolute atomic E-state index is 12.1. The molecule has 6 heteroatoms. The molecular weight excluding hydrogens is 292 g/mol. The summed E-state index contributed by atoms with van der Waals surface area (Å²) in [7, 11) is 0. The number of nitrogens with zero attached hydrogens (tertiary/aromatic N) is 1. The molecule has 116 valence electrons. The lowest BCUT2D eigenvalue weighted by Crippen LogP contribution is -2.25. The number of carboxylic acids is 1. The average molecular weight is 313 g/mol. The molecule has 0 saturated carbocycles. The van der Waals surface area contributed by atoms with E-state index in [2.05, 4.69) is 10.3 Å². The highest BCUT2D eigenvalue weighted by Crippen LogP contribution is 2.23. The smallest absolute Gasteiger partial charge is 0.303 e. The van der Waals surface area contributed by atoms with E-state index in [-0.39, 0.29) is 17.7 Å². The number of aliphatic carboxylic acids is 1. The number of unbranched alkanes of at least 4 members (excludes halogenated alkanes) is 1. The first-order chi connectivity index (χ1) is 9.70. The fourth-order valence-corrected chi connectivity index (χ4v) is 1.93. The van der Waals surface area contributed by atoms with Crippen LogP contribution in [0.2, 0.25) is 5.15 Å². The normalized spacial score (nSPS) is 11.2. The van der Waals surface area contributed by atoms with Crippen LogP contribution >= 0.6 is 11.6 Å². The summed E-state index contributed by atoms with van der Waals surface area (Å²) in [4.78, 5) is 26.7. The molecule has 1 heterocycles. The highest BCUT2D eigenvalue weighted by Gasteiger charge is 2.18. The minimum atomic E-state index is -0.822. The lowest BCUT2D eigenvalue weighted by Gasteiger charge is -2.18. The molecule has 0 unspecified atom stereocenters. The predicted molar refractivity (Wildman–Crippen MR) is 81.8 cm³/mol. The number of rotatable bonds is 6. The molecule has 1 amide bonds. The summed E-state index contributed by atoms with van der Waals surface area (Å²) in [5.41, 5.74) is 1.03. The Balaban J connectivity index is 2.62. The molecule has 1 aromatic heterocycles. The molecule has 21 heavy (non-hydrogen) atoms. The zero-order valence-electron chi connectivity index (χ0n) is 12.6. The molecule has 0 aliphatic rings. The predicted octanol–water partition coefficient (Wildman–Crippen LogP) is 3.02. The molecule has 2 N–H and O–H groups in total. The van der Waals surface area contributed by atoms with Crippen LogP contribution in [0.1, 0.15) is 56.1 Å². The number of hydrogen-bond acceptors (Lipinski definition) is 3. The molecule has 0 spiro atoms. The summed E-state index contributed by atoms with van der Waals surface area (Å²) in [5, 5.41) is 11.6. The molecule has 1 rings (SSSR count). The zero-order chi connectivity index (χ0) is 16.0. The van der Waals surface area contributed by atoms with Gasteiger partial charge in [-0.2, -0.15) is 0 Å². The fraction of sp³-hybridized carbons (Fsp3) is 0.533. The van der Waals surface area contributed by atoms with Gasteiger partial charge in [0.15, 0.2) is 0 Å². The number of aromatic nitrogens is 1. The standard InChI is InChI=1S/C15H21ClN2O3/c1-15(2,3)11-8-10(9-12(16)18-11)14(21)17-7-5-4-6-13(19)20/h8-9H,4-7H2,1-3H3,(H,17,21)(H,19,20). The summed E-state index contributed by atoms with van der Waals surface area (Å²) in [5.74, 6) is -1.04. The fourth-order valence-electron chi connectivity index (χ4n) is 1.72. The number of hydrogen-bond donors (Lipinski definition) is 2. The second-order valence-electron chi connectivity index (χ2n) is 5.92. The van der Waals surface area contributed by atoms with Crippen molar-refractivity contribution in [3.8, 4) is 0 Å². The van der Waals surface area contributed by atoms with Crippen molar-refractivity contribution in [3.63, 3.8) is 0 Å². The van der Waals surface area contributed by atoms with Crippen LogP contribution in [0.4, 0.5) is 0 Å². The summed E-state index contributed by atoms with van der Waals surface area (Å²) < 4.78 is 0. The number of carbonyl (C=O) groups is 2. The SMILES string of the molecule is CC(C)(C)c1cc(C(=O)NCCCCC(=O)O)cc(Cl)n1. The Morgan fingerprint density at radius 3 is 2.52 bits per heavy atom. The first-order valence-corrected chi connectivity index (χ1v) is 7.26. The van der Waals surface area contributed by atoms with E-state index in [1.54, 1.807) is 6.07 Å². The number of halogens is 1. The van der Waals surface area contributed by atoms with Crippen molar-refractivity contribution in [3.05, 3.63) is 28.5 Å². The van der Waals surface area contributed by atoms with Crippen LogP contribution in [0.5, 0.6) is 0 Å². The van der Waals surface area contributed by atoms with Crippen molar-refractivity contribution in [2.75, 3.05) is 6.54 Å². The molecule has 0 atom stereocenters. The molecule has 0 aliphatic heterocycles. The average Bonchev–Trinajstić information content (AvgIpc) is 2.36. The molecule has 0 aromatic carbocycles. The second-order valence-corrected chi connectivity index (χ2v) is 6.31. The monoisotopic (exact) mass is 312 g/mol. The van der Waals surface area contributed by atoms with Gasteiger partial charge in [-0.25, -0.2) is 4.98 Å². The Kier molecular flexibility index (Phi) is 6.15. The Labute approximate surface area is 129 Å². The van der Waals surface area contributed by atoms with Gasteiger partial charge >= 0.3 is 5.97 Å². The van der Waals surface area contributed by atoms with Gasteiger partial charge in [-0.1, -0.05) is 32.4 Å². The zero-order valence-corrected chi connectivity index (χ0v) is 13.3. The highest BCUT2D eigenvalue weighted by atomic mass is 35.5. The van der Waals surface area contributed by atoms with Crippen LogP contribution in [-0.2, 0) is 10.2 Å². The van der Waals surface area contributed by atoms with Crippen molar-refractivity contribution in [1.29, 1.82) is 0 Å². The highest BCUT2D eigenvalue weighted by molar-refractivity contribution is 6.29. The lowest BCUT2D eigenvalue weighted by molar-refractivity contribution is -0.137. The lowest BCUT2D eigenvalue weighted by atomic mass is 9.91. The third-order valence-corrected chi connectivity index (χ3v) is 3.12. The Hall–Kier alpha value is -1.62. The first-order valence-electron chi connectivity index (χ1n) is 6.88. The topological polar surface area (TPSA) is 79.3 Å². The third kappa shape index (κ3) is 6.12. The van der Waals surface area contributed by atoms with Gasteiger partial charge in [-0.3, -0.25) is 9.59 Å². The van der Waals surface area contributed by atoms with Crippen molar-refractivity contribution >= 4 is 23.5 Å². The largest absolute Gasteiger partial charge is 0.481 e. The van der Waals surface area contributed by atoms with Crippen molar-refractivity contribution in [2.45, 2.75) is 45.4 Å². The van der Waals surface area contributed by atoms with Gasteiger partial charge in [0, 0.05) is 29.6 Å².